The fraction of sp³-hybridized carbons (Fsp3) is 0.688. The van der Waals surface area contributed by atoms with Crippen molar-refractivity contribution in [1.29, 1.82) is 0 Å². The van der Waals surface area contributed by atoms with Crippen LogP contribution in [0.5, 0.6) is 0 Å². The number of rotatable bonds is 4. The molecule has 2 fully saturated rings. The minimum absolute atomic E-state index is 0.171. The Balaban J connectivity index is 1.63. The lowest BCUT2D eigenvalue weighted by molar-refractivity contribution is -0.123. The lowest BCUT2D eigenvalue weighted by Gasteiger charge is -2.29. The summed E-state index contributed by atoms with van der Waals surface area (Å²) < 4.78 is 1.87. The van der Waals surface area contributed by atoms with Crippen LogP contribution < -0.4 is 16.4 Å². The van der Waals surface area contributed by atoms with Crippen LogP contribution in [0.1, 0.15) is 55.1 Å². The van der Waals surface area contributed by atoms with Gasteiger partial charge in [0.25, 0.3) is 5.91 Å². The topological polar surface area (TPSA) is 102 Å². The highest BCUT2D eigenvalue weighted by molar-refractivity contribution is 5.92. The summed E-state index contributed by atoms with van der Waals surface area (Å²) in [6.45, 7) is 1.93. The molecule has 0 bridgehead atoms. The molecule has 2 heterocycles. The molecular weight excluding hydrogens is 294 g/mol. The zero-order valence-electron chi connectivity index (χ0n) is 13.3. The van der Waals surface area contributed by atoms with Gasteiger partial charge in [0.05, 0.1) is 12.0 Å². The number of nitrogens with zero attached hydrogens (tertiary/aromatic N) is 2. The maximum Gasteiger partial charge on any atom is 0.272 e. The molecule has 1 saturated carbocycles. The van der Waals surface area contributed by atoms with Crippen molar-refractivity contribution in [3.63, 3.8) is 0 Å². The fourth-order valence-corrected chi connectivity index (χ4v) is 3.61. The van der Waals surface area contributed by atoms with E-state index in [-0.39, 0.29) is 23.8 Å². The van der Waals surface area contributed by atoms with Gasteiger partial charge in [-0.2, -0.15) is 5.10 Å². The molecule has 0 spiro atoms. The van der Waals surface area contributed by atoms with Gasteiger partial charge in [0, 0.05) is 18.8 Å². The molecule has 2 amide bonds. The van der Waals surface area contributed by atoms with E-state index in [0.717, 1.165) is 51.6 Å². The number of primary amides is 1. The number of nitrogens with two attached hydrogens (primary N) is 1. The minimum Gasteiger partial charge on any atom is -0.369 e. The Morgan fingerprint density at radius 3 is 2.83 bits per heavy atom. The van der Waals surface area contributed by atoms with Crippen LogP contribution in [0.25, 0.3) is 0 Å². The zero-order chi connectivity index (χ0) is 16.2. The minimum atomic E-state index is -0.325. The Morgan fingerprint density at radius 2 is 2.09 bits per heavy atom. The van der Waals surface area contributed by atoms with E-state index >= 15 is 0 Å². The summed E-state index contributed by atoms with van der Waals surface area (Å²) in [6.07, 6.45) is 7.60. The smallest absolute Gasteiger partial charge is 0.272 e. The van der Waals surface area contributed by atoms with E-state index in [1.54, 1.807) is 6.07 Å². The molecular formula is C16H25N5O2. The number of hydrogen-bond donors (Lipinski definition) is 3. The van der Waals surface area contributed by atoms with Crippen molar-refractivity contribution in [2.24, 2.45) is 11.7 Å². The summed E-state index contributed by atoms with van der Waals surface area (Å²) in [6, 6.07) is 1.88. The summed E-state index contributed by atoms with van der Waals surface area (Å²) >= 11 is 0. The Kier molecular flexibility index (Phi) is 4.95. The molecule has 1 saturated heterocycles. The van der Waals surface area contributed by atoms with Gasteiger partial charge in [-0.05, 0) is 38.3 Å². The SMILES string of the molecule is NC(=O)C1CCCCC1NC(=O)c1ccn(C2CCCNC2)n1. The molecule has 3 atom stereocenters. The molecule has 0 radical (unpaired) electrons. The van der Waals surface area contributed by atoms with E-state index in [9.17, 15) is 9.59 Å². The van der Waals surface area contributed by atoms with Gasteiger partial charge >= 0.3 is 0 Å². The summed E-state index contributed by atoms with van der Waals surface area (Å²) in [5, 5.41) is 10.7. The van der Waals surface area contributed by atoms with Gasteiger partial charge in [0.2, 0.25) is 5.91 Å². The van der Waals surface area contributed by atoms with Crippen LogP contribution >= 0.6 is 0 Å². The highest BCUT2D eigenvalue weighted by atomic mass is 16.2. The van der Waals surface area contributed by atoms with Crippen molar-refractivity contribution in [3.8, 4) is 0 Å². The van der Waals surface area contributed by atoms with E-state index in [1.807, 2.05) is 10.9 Å². The molecule has 0 aromatic carbocycles. The highest BCUT2D eigenvalue weighted by Crippen LogP contribution is 2.24. The Bertz CT molecular complexity index is 565. The summed E-state index contributed by atoms with van der Waals surface area (Å²) in [5.41, 5.74) is 5.86. The standard InChI is InChI=1S/C16H25N5O2/c17-15(22)12-5-1-2-6-13(12)19-16(23)14-7-9-21(20-14)11-4-3-8-18-10-11/h7,9,11-13,18H,1-6,8,10H2,(H2,17,22)(H,19,23). The van der Waals surface area contributed by atoms with Gasteiger partial charge in [-0.3, -0.25) is 14.3 Å². The second-order valence-corrected chi connectivity index (χ2v) is 6.55. The van der Waals surface area contributed by atoms with Crippen molar-refractivity contribution in [2.45, 2.75) is 50.6 Å². The van der Waals surface area contributed by atoms with Crippen LogP contribution in [0.4, 0.5) is 0 Å². The molecule has 3 rings (SSSR count). The van der Waals surface area contributed by atoms with E-state index in [1.165, 1.54) is 0 Å². The van der Waals surface area contributed by atoms with Crippen molar-refractivity contribution in [2.75, 3.05) is 13.1 Å². The van der Waals surface area contributed by atoms with Crippen molar-refractivity contribution in [1.82, 2.24) is 20.4 Å². The van der Waals surface area contributed by atoms with Crippen LogP contribution in [-0.4, -0.2) is 40.7 Å². The fourth-order valence-electron chi connectivity index (χ4n) is 3.61. The number of nitrogens with one attached hydrogen (secondary N) is 2. The largest absolute Gasteiger partial charge is 0.369 e. The Labute approximate surface area is 136 Å². The predicted octanol–water partition coefficient (Wildman–Crippen LogP) is 0.581. The number of amides is 2. The second-order valence-electron chi connectivity index (χ2n) is 6.55. The molecule has 7 nitrogen and oxygen atoms in total. The van der Waals surface area contributed by atoms with E-state index < -0.39 is 0 Å². The predicted molar refractivity (Wildman–Crippen MR) is 85.8 cm³/mol. The van der Waals surface area contributed by atoms with Crippen molar-refractivity contribution >= 4 is 11.8 Å². The van der Waals surface area contributed by atoms with Crippen molar-refractivity contribution < 1.29 is 9.59 Å². The molecule has 3 unspecified atom stereocenters. The average Bonchev–Trinajstić information content (AvgIpc) is 3.06. The molecule has 126 valence electrons. The molecule has 1 aromatic rings. The van der Waals surface area contributed by atoms with Gasteiger partial charge in [-0.1, -0.05) is 12.8 Å². The molecule has 23 heavy (non-hydrogen) atoms. The average molecular weight is 319 g/mol. The molecule has 2 aliphatic rings. The third-order valence-electron chi connectivity index (χ3n) is 4.93. The number of carbonyl (C=O) groups excluding carboxylic acids is 2. The Morgan fingerprint density at radius 1 is 1.26 bits per heavy atom. The lowest BCUT2D eigenvalue weighted by Crippen LogP contribution is -2.47. The molecule has 4 N–H and O–H groups in total. The van der Waals surface area contributed by atoms with E-state index in [4.69, 9.17) is 5.73 Å². The first kappa shape index (κ1) is 16.0. The molecule has 1 aromatic heterocycles. The van der Waals surface area contributed by atoms with Gasteiger partial charge in [-0.25, -0.2) is 0 Å². The normalized spacial score (nSPS) is 28.3. The van der Waals surface area contributed by atoms with Crippen LogP contribution in [0.15, 0.2) is 12.3 Å². The lowest BCUT2D eigenvalue weighted by atomic mass is 9.84. The van der Waals surface area contributed by atoms with Crippen LogP contribution in [-0.2, 0) is 4.79 Å². The molecule has 7 heteroatoms. The third kappa shape index (κ3) is 3.72. The van der Waals surface area contributed by atoms with Gasteiger partial charge in [0.15, 0.2) is 0 Å². The second kappa shape index (κ2) is 7.12. The first-order chi connectivity index (χ1) is 11.1. The summed E-state index contributed by atoms with van der Waals surface area (Å²) in [5.74, 6) is -0.809. The van der Waals surface area contributed by atoms with Gasteiger partial charge in [0.1, 0.15) is 5.69 Å². The van der Waals surface area contributed by atoms with Crippen LogP contribution in [0.2, 0.25) is 0 Å². The quantitative estimate of drug-likeness (QED) is 0.755. The molecule has 1 aliphatic heterocycles. The summed E-state index contributed by atoms with van der Waals surface area (Å²) in [4.78, 5) is 24.0. The highest BCUT2D eigenvalue weighted by Gasteiger charge is 2.31. The van der Waals surface area contributed by atoms with Gasteiger partial charge in [-0.15, -0.1) is 0 Å². The number of carbonyl (C=O) groups is 2. The monoisotopic (exact) mass is 319 g/mol. The summed E-state index contributed by atoms with van der Waals surface area (Å²) in [7, 11) is 0. The Hall–Kier alpha value is -1.89. The third-order valence-corrected chi connectivity index (χ3v) is 4.93. The number of hydrogen-bond acceptors (Lipinski definition) is 4. The van der Waals surface area contributed by atoms with Crippen molar-refractivity contribution in [3.05, 3.63) is 18.0 Å². The van der Waals surface area contributed by atoms with Crippen LogP contribution in [0.3, 0.4) is 0 Å². The first-order valence-corrected chi connectivity index (χ1v) is 8.51. The van der Waals surface area contributed by atoms with Gasteiger partial charge < -0.3 is 16.4 Å². The maximum absolute atomic E-state index is 12.4. The number of aromatic nitrogens is 2. The van der Waals surface area contributed by atoms with Crippen LogP contribution in [0, 0.1) is 5.92 Å². The zero-order valence-corrected chi connectivity index (χ0v) is 13.3. The number of piperidine rings is 1. The van der Waals surface area contributed by atoms with E-state index in [2.05, 4.69) is 15.7 Å². The maximum atomic E-state index is 12.4. The molecule has 1 aliphatic carbocycles. The first-order valence-electron chi connectivity index (χ1n) is 8.51. The van der Waals surface area contributed by atoms with E-state index in [0.29, 0.717) is 11.7 Å².